The van der Waals surface area contributed by atoms with Gasteiger partial charge in [-0.25, -0.2) is 0 Å². The van der Waals surface area contributed by atoms with Crippen LogP contribution in [0.15, 0.2) is 24.5 Å². The monoisotopic (exact) mass is 232 g/mol. The van der Waals surface area contributed by atoms with Crippen molar-refractivity contribution in [1.82, 2.24) is 14.8 Å². The first-order chi connectivity index (χ1) is 8.22. The van der Waals surface area contributed by atoms with Crippen molar-refractivity contribution in [2.24, 2.45) is 0 Å². The van der Waals surface area contributed by atoms with Crippen molar-refractivity contribution >= 4 is 5.69 Å². The van der Waals surface area contributed by atoms with Crippen LogP contribution in [0.3, 0.4) is 0 Å². The Hall–Kier alpha value is -1.88. The highest BCUT2D eigenvalue weighted by Crippen LogP contribution is 2.21. The van der Waals surface area contributed by atoms with Crippen molar-refractivity contribution in [3.8, 4) is 11.4 Å². The fourth-order valence-corrected chi connectivity index (χ4v) is 1.61. The third kappa shape index (κ3) is 2.45. The average Bonchev–Trinajstić information content (AvgIpc) is 2.78. The van der Waals surface area contributed by atoms with Crippen molar-refractivity contribution in [3.63, 3.8) is 0 Å². The van der Waals surface area contributed by atoms with Crippen LogP contribution in [0.25, 0.3) is 11.4 Å². The Morgan fingerprint density at radius 2 is 2.24 bits per heavy atom. The highest BCUT2D eigenvalue weighted by molar-refractivity contribution is 5.63. The predicted molar refractivity (Wildman–Crippen MR) is 66.5 cm³/mol. The topological polar surface area (TPSA) is 66.0 Å². The van der Waals surface area contributed by atoms with E-state index in [1.54, 1.807) is 13.4 Å². The second-order valence-electron chi connectivity index (χ2n) is 3.91. The van der Waals surface area contributed by atoms with Crippen molar-refractivity contribution in [2.45, 2.75) is 13.5 Å². The van der Waals surface area contributed by atoms with E-state index in [9.17, 15) is 0 Å². The van der Waals surface area contributed by atoms with E-state index in [-0.39, 0.29) is 0 Å². The van der Waals surface area contributed by atoms with Gasteiger partial charge in [-0.2, -0.15) is 0 Å². The molecule has 0 aliphatic heterocycles. The Morgan fingerprint density at radius 1 is 1.41 bits per heavy atom. The molecular weight excluding hydrogens is 216 g/mol. The fourth-order valence-electron chi connectivity index (χ4n) is 1.61. The first-order valence-corrected chi connectivity index (χ1v) is 5.45. The Kier molecular flexibility index (Phi) is 3.39. The molecule has 0 bridgehead atoms. The van der Waals surface area contributed by atoms with Gasteiger partial charge in [-0.3, -0.25) is 0 Å². The Labute approximate surface area is 100 Å². The second kappa shape index (κ2) is 4.97. The maximum absolute atomic E-state index is 5.89. The minimum Gasteiger partial charge on any atom is -0.398 e. The molecule has 2 aromatic rings. The molecule has 0 spiro atoms. The third-order valence-electron chi connectivity index (χ3n) is 2.69. The lowest BCUT2D eigenvalue weighted by Crippen LogP contribution is -2.05. The van der Waals surface area contributed by atoms with E-state index < -0.39 is 0 Å². The quantitative estimate of drug-likeness (QED) is 0.811. The molecule has 0 amide bonds. The Morgan fingerprint density at radius 3 is 2.94 bits per heavy atom. The zero-order chi connectivity index (χ0) is 12.3. The van der Waals surface area contributed by atoms with Gasteiger partial charge in [0.25, 0.3) is 0 Å². The molecule has 0 saturated carbocycles. The van der Waals surface area contributed by atoms with E-state index in [0.717, 1.165) is 29.2 Å². The number of ether oxygens (including phenoxy) is 1. The van der Waals surface area contributed by atoms with Crippen LogP contribution >= 0.6 is 0 Å². The number of anilines is 1. The van der Waals surface area contributed by atoms with Gasteiger partial charge in [0.1, 0.15) is 6.33 Å². The van der Waals surface area contributed by atoms with E-state index in [1.807, 2.05) is 29.7 Å². The van der Waals surface area contributed by atoms with E-state index >= 15 is 0 Å². The zero-order valence-electron chi connectivity index (χ0n) is 10.1. The number of hydrogen-bond donors (Lipinski definition) is 1. The van der Waals surface area contributed by atoms with Crippen molar-refractivity contribution in [3.05, 3.63) is 30.1 Å². The lowest BCUT2D eigenvalue weighted by Gasteiger charge is -2.07. The molecule has 0 radical (unpaired) electrons. The van der Waals surface area contributed by atoms with Crippen LogP contribution in [0.5, 0.6) is 0 Å². The summed E-state index contributed by atoms with van der Waals surface area (Å²) in [6.45, 7) is 3.34. The summed E-state index contributed by atoms with van der Waals surface area (Å²) in [5.74, 6) is 0.814. The molecule has 0 unspecified atom stereocenters. The smallest absolute Gasteiger partial charge is 0.163 e. The number of nitrogens with zero attached hydrogens (tertiary/aromatic N) is 3. The Balaban J connectivity index is 2.32. The number of hydrogen-bond acceptors (Lipinski definition) is 4. The third-order valence-corrected chi connectivity index (χ3v) is 2.69. The van der Waals surface area contributed by atoms with Crippen molar-refractivity contribution in [2.75, 3.05) is 19.5 Å². The van der Waals surface area contributed by atoms with E-state index in [2.05, 4.69) is 10.2 Å². The highest BCUT2D eigenvalue weighted by atomic mass is 16.5. The van der Waals surface area contributed by atoms with Crippen LogP contribution < -0.4 is 5.73 Å². The minimum absolute atomic E-state index is 0.631. The normalized spacial score (nSPS) is 10.7. The van der Waals surface area contributed by atoms with Gasteiger partial charge in [0, 0.05) is 24.9 Å². The predicted octanol–water partition coefficient (Wildman–Crippen LogP) is 1.48. The van der Waals surface area contributed by atoms with E-state index in [0.29, 0.717) is 6.61 Å². The minimum atomic E-state index is 0.631. The number of benzene rings is 1. The molecule has 90 valence electrons. The van der Waals surface area contributed by atoms with E-state index in [4.69, 9.17) is 10.5 Å². The summed E-state index contributed by atoms with van der Waals surface area (Å²) in [5, 5.41) is 8.03. The van der Waals surface area contributed by atoms with E-state index in [1.165, 1.54) is 0 Å². The van der Waals surface area contributed by atoms with Gasteiger partial charge in [0.05, 0.1) is 6.61 Å². The summed E-state index contributed by atoms with van der Waals surface area (Å²) >= 11 is 0. The van der Waals surface area contributed by atoms with Gasteiger partial charge in [0.2, 0.25) is 0 Å². The van der Waals surface area contributed by atoms with Crippen LogP contribution in [0.4, 0.5) is 5.69 Å². The molecule has 0 saturated heterocycles. The van der Waals surface area contributed by atoms with Crippen molar-refractivity contribution in [1.29, 1.82) is 0 Å². The molecule has 1 aromatic heterocycles. The zero-order valence-corrected chi connectivity index (χ0v) is 10.1. The number of nitrogens with two attached hydrogens (primary N) is 1. The number of nitrogen functional groups attached to an aromatic ring is 1. The average molecular weight is 232 g/mol. The van der Waals surface area contributed by atoms with Gasteiger partial charge >= 0.3 is 0 Å². The maximum Gasteiger partial charge on any atom is 0.163 e. The van der Waals surface area contributed by atoms with Crippen LogP contribution in [-0.4, -0.2) is 28.5 Å². The molecule has 0 aliphatic rings. The number of methoxy groups -OCH3 is 1. The summed E-state index contributed by atoms with van der Waals surface area (Å²) in [6.07, 6.45) is 1.70. The van der Waals surface area contributed by atoms with Crippen LogP contribution in [0, 0.1) is 6.92 Å². The highest BCUT2D eigenvalue weighted by Gasteiger charge is 2.07. The Bertz CT molecular complexity index is 507. The van der Waals surface area contributed by atoms with Gasteiger partial charge in [-0.05, 0) is 18.6 Å². The second-order valence-corrected chi connectivity index (χ2v) is 3.91. The summed E-state index contributed by atoms with van der Waals surface area (Å²) in [6, 6.07) is 5.90. The number of rotatable bonds is 4. The SMILES string of the molecule is COCCn1cnnc1-c1ccc(C)c(N)c1. The van der Waals surface area contributed by atoms with Crippen LogP contribution in [0.1, 0.15) is 5.56 Å². The first kappa shape index (κ1) is 11.6. The van der Waals surface area contributed by atoms with Gasteiger partial charge in [0.15, 0.2) is 5.82 Å². The van der Waals surface area contributed by atoms with Gasteiger partial charge < -0.3 is 15.0 Å². The van der Waals surface area contributed by atoms with Gasteiger partial charge in [-0.15, -0.1) is 10.2 Å². The number of aryl methyl sites for hydroxylation is 1. The summed E-state index contributed by atoms with van der Waals surface area (Å²) < 4.78 is 7.00. The maximum atomic E-state index is 5.89. The fraction of sp³-hybridized carbons (Fsp3) is 0.333. The molecule has 0 atom stereocenters. The molecule has 5 heteroatoms. The van der Waals surface area contributed by atoms with Gasteiger partial charge in [-0.1, -0.05) is 12.1 Å². The lowest BCUT2D eigenvalue weighted by atomic mass is 10.1. The van der Waals surface area contributed by atoms with Crippen LogP contribution in [-0.2, 0) is 11.3 Å². The largest absolute Gasteiger partial charge is 0.398 e. The molecule has 1 heterocycles. The molecule has 2 N–H and O–H groups in total. The molecule has 1 aromatic carbocycles. The molecule has 0 fully saturated rings. The number of aromatic nitrogens is 3. The molecule has 5 nitrogen and oxygen atoms in total. The summed E-state index contributed by atoms with van der Waals surface area (Å²) in [7, 11) is 1.67. The molecular formula is C12H16N4O. The lowest BCUT2D eigenvalue weighted by molar-refractivity contribution is 0.187. The van der Waals surface area contributed by atoms with Crippen LogP contribution in [0.2, 0.25) is 0 Å². The molecule has 0 aliphatic carbocycles. The molecule has 2 rings (SSSR count). The first-order valence-electron chi connectivity index (χ1n) is 5.45. The standard InChI is InChI=1S/C12H16N4O/c1-9-3-4-10(7-11(9)13)12-15-14-8-16(12)5-6-17-2/h3-4,7-8H,5-6,13H2,1-2H3. The molecule has 17 heavy (non-hydrogen) atoms. The summed E-state index contributed by atoms with van der Waals surface area (Å²) in [5.41, 5.74) is 8.70. The summed E-state index contributed by atoms with van der Waals surface area (Å²) in [4.78, 5) is 0. The van der Waals surface area contributed by atoms with Crippen molar-refractivity contribution < 1.29 is 4.74 Å².